The van der Waals surface area contributed by atoms with E-state index in [-0.39, 0.29) is 12.1 Å². The largest absolute Gasteiger partial charge is 0.359 e. The van der Waals surface area contributed by atoms with Crippen molar-refractivity contribution in [1.29, 1.82) is 0 Å². The highest BCUT2D eigenvalue weighted by Crippen LogP contribution is 2.32. The Hall–Kier alpha value is -2.31. The van der Waals surface area contributed by atoms with Gasteiger partial charge in [0.15, 0.2) is 5.76 Å². The first kappa shape index (κ1) is 13.7. The van der Waals surface area contributed by atoms with E-state index in [9.17, 15) is 4.79 Å². The van der Waals surface area contributed by atoms with E-state index >= 15 is 0 Å². The van der Waals surface area contributed by atoms with Crippen LogP contribution < -0.4 is 5.32 Å². The van der Waals surface area contributed by atoms with Gasteiger partial charge in [-0.05, 0) is 26.7 Å². The Morgan fingerprint density at radius 1 is 1.57 bits per heavy atom. The van der Waals surface area contributed by atoms with Gasteiger partial charge in [-0.1, -0.05) is 5.16 Å². The lowest BCUT2D eigenvalue weighted by molar-refractivity contribution is 0.195. The number of likely N-dealkylation sites (tertiary alicyclic amines) is 1. The molecule has 3 rings (SSSR count). The average Bonchev–Trinajstić information content (AvgIpc) is 3.17. The van der Waals surface area contributed by atoms with Gasteiger partial charge in [0.2, 0.25) is 0 Å². The van der Waals surface area contributed by atoms with Crippen molar-refractivity contribution in [2.75, 3.05) is 11.9 Å². The van der Waals surface area contributed by atoms with Crippen LogP contribution in [0.5, 0.6) is 0 Å². The predicted octanol–water partition coefficient (Wildman–Crippen LogP) is 2.57. The highest BCUT2D eigenvalue weighted by atomic mass is 16.5. The minimum atomic E-state index is -0.123. The van der Waals surface area contributed by atoms with Gasteiger partial charge in [0.05, 0.1) is 23.6 Å². The van der Waals surface area contributed by atoms with Gasteiger partial charge < -0.3 is 14.7 Å². The predicted molar refractivity (Wildman–Crippen MR) is 76.8 cm³/mol. The van der Waals surface area contributed by atoms with Crippen LogP contribution in [-0.4, -0.2) is 32.4 Å². The van der Waals surface area contributed by atoms with Crippen molar-refractivity contribution in [3.8, 4) is 0 Å². The fourth-order valence-corrected chi connectivity index (χ4v) is 2.64. The quantitative estimate of drug-likeness (QED) is 0.942. The number of carbonyl (C=O) groups is 1. The zero-order valence-electron chi connectivity index (χ0n) is 12.2. The summed E-state index contributed by atoms with van der Waals surface area (Å²) >= 11 is 0. The molecule has 0 aromatic carbocycles. The highest BCUT2D eigenvalue weighted by molar-refractivity contribution is 5.89. The monoisotopic (exact) mass is 289 g/mol. The van der Waals surface area contributed by atoms with E-state index in [1.54, 1.807) is 15.8 Å². The SMILES string of the molecule is CCn1cc(NC(=O)N2CCC[C@H]2c2cc(C)no2)cn1. The topological polar surface area (TPSA) is 76.2 Å². The maximum atomic E-state index is 12.4. The number of rotatable bonds is 3. The maximum absolute atomic E-state index is 12.4. The molecule has 7 heteroatoms. The lowest BCUT2D eigenvalue weighted by Crippen LogP contribution is -2.34. The van der Waals surface area contributed by atoms with Crippen LogP contribution >= 0.6 is 0 Å². The Morgan fingerprint density at radius 2 is 2.43 bits per heavy atom. The summed E-state index contributed by atoms with van der Waals surface area (Å²) < 4.78 is 7.09. The molecule has 0 radical (unpaired) electrons. The molecular weight excluding hydrogens is 270 g/mol. The van der Waals surface area contributed by atoms with Crippen LogP contribution in [0.25, 0.3) is 0 Å². The summed E-state index contributed by atoms with van der Waals surface area (Å²) in [6.45, 7) is 5.38. The van der Waals surface area contributed by atoms with E-state index in [1.807, 2.05) is 26.1 Å². The van der Waals surface area contributed by atoms with Crippen LogP contribution in [0.4, 0.5) is 10.5 Å². The highest BCUT2D eigenvalue weighted by Gasteiger charge is 2.32. The fourth-order valence-electron chi connectivity index (χ4n) is 2.64. The molecule has 1 aliphatic rings. The molecule has 21 heavy (non-hydrogen) atoms. The molecule has 2 aromatic heterocycles. The summed E-state index contributed by atoms with van der Waals surface area (Å²) in [5, 5.41) is 10.9. The number of nitrogens with zero attached hydrogens (tertiary/aromatic N) is 4. The number of hydrogen-bond acceptors (Lipinski definition) is 4. The van der Waals surface area contributed by atoms with Crippen LogP contribution in [0.3, 0.4) is 0 Å². The number of urea groups is 1. The average molecular weight is 289 g/mol. The second-order valence-electron chi connectivity index (χ2n) is 5.24. The first-order valence-corrected chi connectivity index (χ1v) is 7.20. The van der Waals surface area contributed by atoms with Gasteiger partial charge in [0, 0.05) is 25.4 Å². The summed E-state index contributed by atoms with van der Waals surface area (Å²) in [7, 11) is 0. The molecule has 1 N–H and O–H groups in total. The van der Waals surface area contributed by atoms with Crippen molar-refractivity contribution in [2.24, 2.45) is 0 Å². The van der Waals surface area contributed by atoms with Gasteiger partial charge in [0.25, 0.3) is 0 Å². The summed E-state index contributed by atoms with van der Waals surface area (Å²) in [6.07, 6.45) is 5.34. The molecule has 1 saturated heterocycles. The Balaban J connectivity index is 1.71. The number of amides is 2. The van der Waals surface area contributed by atoms with E-state index in [4.69, 9.17) is 4.52 Å². The molecule has 0 spiro atoms. The second-order valence-corrected chi connectivity index (χ2v) is 5.24. The normalized spacial score (nSPS) is 18.2. The number of hydrogen-bond donors (Lipinski definition) is 1. The lowest BCUT2D eigenvalue weighted by atomic mass is 10.1. The number of aromatic nitrogens is 3. The molecule has 2 amide bonds. The lowest BCUT2D eigenvalue weighted by Gasteiger charge is -2.22. The molecule has 3 heterocycles. The summed E-state index contributed by atoms with van der Waals surface area (Å²) in [5.74, 6) is 0.754. The molecule has 1 fully saturated rings. The van der Waals surface area contributed by atoms with Gasteiger partial charge in [-0.25, -0.2) is 4.79 Å². The Bertz CT molecular complexity index is 633. The first-order valence-electron chi connectivity index (χ1n) is 7.20. The third-order valence-corrected chi connectivity index (χ3v) is 3.70. The molecule has 7 nitrogen and oxygen atoms in total. The molecule has 0 unspecified atom stereocenters. The van der Waals surface area contributed by atoms with E-state index in [1.165, 1.54) is 0 Å². The molecular formula is C14H19N5O2. The Morgan fingerprint density at radius 3 is 3.10 bits per heavy atom. The molecule has 2 aromatic rings. The van der Waals surface area contributed by atoms with Crippen LogP contribution in [0.15, 0.2) is 23.0 Å². The van der Waals surface area contributed by atoms with E-state index in [2.05, 4.69) is 15.6 Å². The van der Waals surface area contributed by atoms with E-state index in [0.29, 0.717) is 5.69 Å². The maximum Gasteiger partial charge on any atom is 0.322 e. The third kappa shape index (κ3) is 2.76. The summed E-state index contributed by atoms with van der Waals surface area (Å²) in [6, 6.07) is 1.74. The molecule has 0 bridgehead atoms. The minimum Gasteiger partial charge on any atom is -0.359 e. The third-order valence-electron chi connectivity index (χ3n) is 3.70. The van der Waals surface area contributed by atoms with Gasteiger partial charge >= 0.3 is 6.03 Å². The van der Waals surface area contributed by atoms with Crippen LogP contribution in [-0.2, 0) is 6.54 Å². The molecule has 0 aliphatic carbocycles. The molecule has 112 valence electrons. The molecule has 1 aliphatic heterocycles. The summed E-state index contributed by atoms with van der Waals surface area (Å²) in [4.78, 5) is 14.2. The molecule has 1 atom stereocenters. The van der Waals surface area contributed by atoms with E-state index < -0.39 is 0 Å². The van der Waals surface area contributed by atoms with Crippen molar-refractivity contribution in [3.63, 3.8) is 0 Å². The van der Waals surface area contributed by atoms with Crippen LogP contribution in [0.2, 0.25) is 0 Å². The van der Waals surface area contributed by atoms with Crippen molar-refractivity contribution >= 4 is 11.7 Å². The van der Waals surface area contributed by atoms with Crippen LogP contribution in [0, 0.1) is 6.92 Å². The second kappa shape index (κ2) is 5.59. The van der Waals surface area contributed by atoms with Gasteiger partial charge in [-0.3, -0.25) is 4.68 Å². The van der Waals surface area contributed by atoms with Crippen LogP contribution in [0.1, 0.15) is 37.3 Å². The minimum absolute atomic E-state index is 0.0348. The zero-order chi connectivity index (χ0) is 14.8. The van der Waals surface area contributed by atoms with Gasteiger partial charge in [-0.2, -0.15) is 5.10 Å². The molecule has 0 saturated carbocycles. The standard InChI is InChI=1S/C14H19N5O2/c1-3-18-9-11(8-15-18)16-14(20)19-6-4-5-12(19)13-7-10(2)17-21-13/h7-9,12H,3-6H2,1-2H3,(H,16,20)/t12-/m0/s1. The number of aryl methyl sites for hydroxylation is 2. The summed E-state index contributed by atoms with van der Waals surface area (Å²) in [5.41, 5.74) is 1.54. The first-order chi connectivity index (χ1) is 10.2. The zero-order valence-corrected chi connectivity index (χ0v) is 12.2. The van der Waals surface area contributed by atoms with Crippen molar-refractivity contribution in [3.05, 3.63) is 29.9 Å². The van der Waals surface area contributed by atoms with E-state index in [0.717, 1.165) is 37.4 Å². The van der Waals surface area contributed by atoms with Crippen molar-refractivity contribution in [2.45, 2.75) is 39.3 Å². The van der Waals surface area contributed by atoms with Gasteiger partial charge in [-0.15, -0.1) is 0 Å². The Kier molecular flexibility index (Phi) is 3.64. The number of carbonyl (C=O) groups excluding carboxylic acids is 1. The van der Waals surface area contributed by atoms with Gasteiger partial charge in [0.1, 0.15) is 0 Å². The number of nitrogens with one attached hydrogen (secondary N) is 1. The number of anilines is 1. The van der Waals surface area contributed by atoms with Crippen molar-refractivity contribution in [1.82, 2.24) is 19.8 Å². The van der Waals surface area contributed by atoms with Crippen molar-refractivity contribution < 1.29 is 9.32 Å². The Labute approximate surface area is 122 Å². The fraction of sp³-hybridized carbons (Fsp3) is 0.500. The smallest absolute Gasteiger partial charge is 0.322 e.